The fraction of sp³-hybridized carbons (Fsp3) is 0.786. The SMILES string of the molecule is NCCCCCCC(=O)C1=CCCCCC1. The van der Waals surface area contributed by atoms with Gasteiger partial charge in [-0.2, -0.15) is 0 Å². The molecule has 0 atom stereocenters. The van der Waals surface area contributed by atoms with E-state index in [-0.39, 0.29) is 0 Å². The van der Waals surface area contributed by atoms with Crippen molar-refractivity contribution in [2.75, 3.05) is 6.54 Å². The van der Waals surface area contributed by atoms with Gasteiger partial charge in [-0.15, -0.1) is 0 Å². The van der Waals surface area contributed by atoms with Gasteiger partial charge in [-0.1, -0.05) is 25.3 Å². The molecule has 0 saturated heterocycles. The minimum atomic E-state index is 0.398. The Hall–Kier alpha value is -0.630. The number of carbonyl (C=O) groups is 1. The average Bonchev–Trinajstić information content (AvgIpc) is 2.57. The van der Waals surface area contributed by atoms with E-state index in [4.69, 9.17) is 5.73 Å². The maximum atomic E-state index is 11.9. The lowest BCUT2D eigenvalue weighted by atomic mass is 10.0. The fourth-order valence-corrected chi connectivity index (χ4v) is 2.21. The molecule has 0 unspecified atom stereocenters. The number of ketones is 1. The van der Waals surface area contributed by atoms with E-state index in [9.17, 15) is 4.79 Å². The average molecular weight is 223 g/mol. The molecule has 0 aromatic rings. The summed E-state index contributed by atoms with van der Waals surface area (Å²) in [5.74, 6) is 0.398. The van der Waals surface area contributed by atoms with E-state index >= 15 is 0 Å². The zero-order chi connectivity index (χ0) is 11.6. The van der Waals surface area contributed by atoms with Crippen LogP contribution >= 0.6 is 0 Å². The van der Waals surface area contributed by atoms with Gasteiger partial charge in [-0.25, -0.2) is 0 Å². The molecule has 0 amide bonds. The summed E-state index contributed by atoms with van der Waals surface area (Å²) in [6, 6.07) is 0. The largest absolute Gasteiger partial charge is 0.330 e. The van der Waals surface area contributed by atoms with E-state index in [0.29, 0.717) is 5.78 Å². The molecule has 0 fully saturated rings. The quantitative estimate of drug-likeness (QED) is 0.672. The summed E-state index contributed by atoms with van der Waals surface area (Å²) in [4.78, 5) is 11.9. The first-order chi connectivity index (χ1) is 7.84. The lowest BCUT2D eigenvalue weighted by Gasteiger charge is -2.04. The Balaban J connectivity index is 2.15. The molecular weight excluding hydrogens is 198 g/mol. The van der Waals surface area contributed by atoms with Crippen molar-refractivity contribution < 1.29 is 4.79 Å². The van der Waals surface area contributed by atoms with Crippen LogP contribution in [0.2, 0.25) is 0 Å². The van der Waals surface area contributed by atoms with Gasteiger partial charge in [0, 0.05) is 6.42 Å². The van der Waals surface area contributed by atoms with Gasteiger partial charge in [-0.05, 0) is 50.6 Å². The molecule has 1 aliphatic carbocycles. The molecule has 0 aromatic heterocycles. The highest BCUT2D eigenvalue weighted by molar-refractivity contribution is 5.95. The highest BCUT2D eigenvalue weighted by Gasteiger charge is 2.10. The number of nitrogens with two attached hydrogens (primary N) is 1. The van der Waals surface area contributed by atoms with Crippen LogP contribution in [-0.2, 0) is 4.79 Å². The van der Waals surface area contributed by atoms with Crippen molar-refractivity contribution in [2.45, 2.75) is 64.2 Å². The number of allylic oxidation sites excluding steroid dienone is 2. The third-order valence-electron chi connectivity index (χ3n) is 3.26. The molecule has 0 spiro atoms. The van der Waals surface area contributed by atoms with Crippen LogP contribution in [0, 0.1) is 0 Å². The van der Waals surface area contributed by atoms with Crippen molar-refractivity contribution in [3.8, 4) is 0 Å². The van der Waals surface area contributed by atoms with Crippen LogP contribution in [0.25, 0.3) is 0 Å². The summed E-state index contributed by atoms with van der Waals surface area (Å²) < 4.78 is 0. The molecular formula is C14H25NO. The summed E-state index contributed by atoms with van der Waals surface area (Å²) in [7, 11) is 0. The lowest BCUT2D eigenvalue weighted by Crippen LogP contribution is -2.03. The standard InChI is InChI=1S/C14H25NO/c15-12-8-4-3-7-11-14(16)13-9-5-1-2-6-10-13/h9H,1-8,10-12,15H2. The molecule has 0 bridgehead atoms. The van der Waals surface area contributed by atoms with Crippen molar-refractivity contribution in [2.24, 2.45) is 5.73 Å². The molecule has 0 aliphatic heterocycles. The van der Waals surface area contributed by atoms with E-state index in [2.05, 4.69) is 6.08 Å². The molecule has 0 radical (unpaired) electrons. The van der Waals surface area contributed by atoms with Crippen LogP contribution < -0.4 is 5.73 Å². The van der Waals surface area contributed by atoms with Gasteiger partial charge >= 0.3 is 0 Å². The van der Waals surface area contributed by atoms with Crippen molar-refractivity contribution in [1.82, 2.24) is 0 Å². The molecule has 0 saturated carbocycles. The number of carbonyl (C=O) groups excluding carboxylic acids is 1. The Morgan fingerprint density at radius 2 is 1.94 bits per heavy atom. The molecule has 0 heterocycles. The third-order valence-corrected chi connectivity index (χ3v) is 3.26. The highest BCUT2D eigenvalue weighted by atomic mass is 16.1. The van der Waals surface area contributed by atoms with Gasteiger partial charge in [0.25, 0.3) is 0 Å². The number of rotatable bonds is 7. The summed E-state index contributed by atoms with van der Waals surface area (Å²) in [5, 5.41) is 0. The summed E-state index contributed by atoms with van der Waals surface area (Å²) >= 11 is 0. The van der Waals surface area contributed by atoms with Gasteiger partial charge in [0.1, 0.15) is 0 Å². The van der Waals surface area contributed by atoms with Crippen molar-refractivity contribution >= 4 is 5.78 Å². The van der Waals surface area contributed by atoms with E-state index in [0.717, 1.165) is 50.6 Å². The topological polar surface area (TPSA) is 43.1 Å². The molecule has 16 heavy (non-hydrogen) atoms. The minimum Gasteiger partial charge on any atom is -0.330 e. The van der Waals surface area contributed by atoms with Gasteiger partial charge in [0.15, 0.2) is 5.78 Å². The Morgan fingerprint density at radius 1 is 1.12 bits per heavy atom. The Kier molecular flexibility index (Phi) is 7.15. The van der Waals surface area contributed by atoms with Gasteiger partial charge in [0.05, 0.1) is 0 Å². The predicted octanol–water partition coefficient (Wildman–Crippen LogP) is 3.36. The molecule has 1 rings (SSSR count). The maximum absolute atomic E-state index is 11.9. The summed E-state index contributed by atoms with van der Waals surface area (Å²) in [6.07, 6.45) is 13.2. The second kappa shape index (κ2) is 8.51. The smallest absolute Gasteiger partial charge is 0.158 e. The van der Waals surface area contributed by atoms with Crippen molar-refractivity contribution in [3.05, 3.63) is 11.6 Å². The second-order valence-electron chi connectivity index (χ2n) is 4.70. The minimum absolute atomic E-state index is 0.398. The first kappa shape index (κ1) is 13.4. The number of hydrogen-bond donors (Lipinski definition) is 1. The molecule has 0 aromatic carbocycles. The van der Waals surface area contributed by atoms with Gasteiger partial charge in [0.2, 0.25) is 0 Å². The van der Waals surface area contributed by atoms with Gasteiger partial charge < -0.3 is 5.73 Å². The lowest BCUT2D eigenvalue weighted by molar-refractivity contribution is -0.115. The van der Waals surface area contributed by atoms with E-state index in [1.807, 2.05) is 0 Å². The predicted molar refractivity (Wildman–Crippen MR) is 68.3 cm³/mol. The molecule has 92 valence electrons. The highest BCUT2D eigenvalue weighted by Crippen LogP contribution is 2.19. The molecule has 1 aliphatic rings. The van der Waals surface area contributed by atoms with E-state index < -0.39 is 0 Å². The zero-order valence-corrected chi connectivity index (χ0v) is 10.3. The number of unbranched alkanes of at least 4 members (excludes halogenated alkanes) is 3. The van der Waals surface area contributed by atoms with Crippen LogP contribution in [0.5, 0.6) is 0 Å². The maximum Gasteiger partial charge on any atom is 0.158 e. The Morgan fingerprint density at radius 3 is 2.75 bits per heavy atom. The second-order valence-corrected chi connectivity index (χ2v) is 4.70. The first-order valence-electron chi connectivity index (χ1n) is 6.77. The normalized spacial score (nSPS) is 16.7. The van der Waals surface area contributed by atoms with E-state index in [1.165, 1.54) is 25.7 Å². The van der Waals surface area contributed by atoms with Crippen molar-refractivity contribution in [1.29, 1.82) is 0 Å². The summed E-state index contributed by atoms with van der Waals surface area (Å²) in [5.41, 5.74) is 6.54. The monoisotopic (exact) mass is 223 g/mol. The summed E-state index contributed by atoms with van der Waals surface area (Å²) in [6.45, 7) is 0.777. The van der Waals surface area contributed by atoms with Crippen LogP contribution in [0.3, 0.4) is 0 Å². The van der Waals surface area contributed by atoms with Crippen LogP contribution in [-0.4, -0.2) is 12.3 Å². The Labute approximate surface area is 99.3 Å². The molecule has 2 N–H and O–H groups in total. The number of hydrogen-bond acceptors (Lipinski definition) is 2. The molecule has 2 heteroatoms. The van der Waals surface area contributed by atoms with Crippen LogP contribution in [0.15, 0.2) is 11.6 Å². The van der Waals surface area contributed by atoms with Crippen LogP contribution in [0.4, 0.5) is 0 Å². The Bertz CT molecular complexity index is 233. The third kappa shape index (κ3) is 5.45. The fourth-order valence-electron chi connectivity index (χ4n) is 2.21. The van der Waals surface area contributed by atoms with Gasteiger partial charge in [-0.3, -0.25) is 4.79 Å². The molecule has 2 nitrogen and oxygen atoms in total. The van der Waals surface area contributed by atoms with E-state index in [1.54, 1.807) is 0 Å². The van der Waals surface area contributed by atoms with Crippen molar-refractivity contribution in [3.63, 3.8) is 0 Å². The zero-order valence-electron chi connectivity index (χ0n) is 10.3. The first-order valence-corrected chi connectivity index (χ1v) is 6.77. The number of Topliss-reactive ketones (excluding diaryl/α,β-unsaturated/α-hetero) is 1. The van der Waals surface area contributed by atoms with Crippen LogP contribution in [0.1, 0.15) is 64.2 Å².